The fourth-order valence-electron chi connectivity index (χ4n) is 1.30. The largest absolute Gasteiger partial charge is 0.465 e. The molecule has 1 N–H and O–H groups in total. The zero-order valence-corrected chi connectivity index (χ0v) is 8.85. The van der Waals surface area contributed by atoms with Crippen LogP contribution in [0.2, 0.25) is 0 Å². The minimum absolute atomic E-state index is 0.253. The maximum absolute atomic E-state index is 11.4. The topological polar surface area (TPSA) is 64.3 Å². The second-order valence-corrected chi connectivity index (χ2v) is 5.19. The van der Waals surface area contributed by atoms with E-state index in [1.54, 1.807) is 30.0 Å². The quantitative estimate of drug-likeness (QED) is 0.776. The molecule has 15 heavy (non-hydrogen) atoms. The van der Waals surface area contributed by atoms with Crippen LogP contribution in [-0.2, 0) is 9.53 Å². The second-order valence-electron chi connectivity index (χ2n) is 2.87. The maximum Gasteiger partial charge on any atom is 0.346 e. The fraction of sp³-hybridized carbons (Fsp3) is 0.111. The molecular formula is C9H10N2O3S. The van der Waals surface area contributed by atoms with E-state index in [-0.39, 0.29) is 4.91 Å². The molecule has 1 aromatic heterocycles. The Hall–Kier alpha value is -1.53. The van der Waals surface area contributed by atoms with Gasteiger partial charge in [-0.3, -0.25) is 3.97 Å². The van der Waals surface area contributed by atoms with Crippen molar-refractivity contribution < 1.29 is 14.1 Å². The van der Waals surface area contributed by atoms with Gasteiger partial charge in [-0.05, 0) is 22.0 Å². The van der Waals surface area contributed by atoms with E-state index in [0.717, 1.165) is 0 Å². The summed E-state index contributed by atoms with van der Waals surface area (Å²) in [5.41, 5.74) is 0. The number of carbonyl (C=O) groups is 1. The van der Waals surface area contributed by atoms with Crippen LogP contribution in [0.3, 0.4) is 0 Å². The summed E-state index contributed by atoms with van der Waals surface area (Å²) in [6, 6.07) is 0. The van der Waals surface area contributed by atoms with Gasteiger partial charge in [0.2, 0.25) is 0 Å². The zero-order valence-electron chi connectivity index (χ0n) is 8.03. The first kappa shape index (κ1) is 10.0. The minimum Gasteiger partial charge on any atom is -0.465 e. The summed E-state index contributed by atoms with van der Waals surface area (Å²) in [5.74, 6) is -0.522. The molecule has 1 aromatic rings. The van der Waals surface area contributed by atoms with E-state index in [1.807, 2.05) is 0 Å². The highest BCUT2D eigenvalue weighted by atomic mass is 32.3. The van der Waals surface area contributed by atoms with Gasteiger partial charge in [0, 0.05) is 12.4 Å². The number of nitrogens with zero attached hydrogens (tertiary/aromatic N) is 2. The lowest BCUT2D eigenvalue weighted by atomic mass is 10.5. The summed E-state index contributed by atoms with van der Waals surface area (Å²) < 4.78 is 16.5. The van der Waals surface area contributed by atoms with Crippen molar-refractivity contribution in [2.45, 2.75) is 0 Å². The number of rotatable bonds is 2. The monoisotopic (exact) mass is 226 g/mol. The molecule has 0 saturated heterocycles. The average Bonchev–Trinajstić information content (AvgIpc) is 2.85. The third kappa shape index (κ3) is 1.47. The van der Waals surface area contributed by atoms with Gasteiger partial charge in [0.15, 0.2) is 0 Å². The van der Waals surface area contributed by atoms with Crippen LogP contribution in [0.5, 0.6) is 0 Å². The number of aromatic nitrogens is 2. The van der Waals surface area contributed by atoms with E-state index in [9.17, 15) is 9.35 Å². The summed E-state index contributed by atoms with van der Waals surface area (Å²) in [5, 5.41) is 1.58. The highest BCUT2D eigenvalue weighted by molar-refractivity contribution is 8.34. The van der Waals surface area contributed by atoms with Crippen LogP contribution in [-0.4, -0.2) is 26.6 Å². The second kappa shape index (κ2) is 3.56. The highest BCUT2D eigenvalue weighted by Crippen LogP contribution is 2.57. The van der Waals surface area contributed by atoms with Crippen molar-refractivity contribution in [3.8, 4) is 0 Å². The Bertz CT molecular complexity index is 438. The summed E-state index contributed by atoms with van der Waals surface area (Å²) in [6.07, 6.45) is 7.83. The lowest BCUT2D eigenvalue weighted by Crippen LogP contribution is -2.14. The van der Waals surface area contributed by atoms with Gasteiger partial charge in [-0.25, -0.2) is 9.78 Å². The average molecular weight is 226 g/mol. The number of ether oxygens (including phenoxy) is 1. The molecule has 2 rings (SSSR count). The molecule has 0 aliphatic carbocycles. The van der Waals surface area contributed by atoms with Gasteiger partial charge in [-0.1, -0.05) is 6.08 Å². The van der Waals surface area contributed by atoms with Gasteiger partial charge in [0.1, 0.15) is 11.2 Å². The van der Waals surface area contributed by atoms with Gasteiger partial charge >= 0.3 is 5.97 Å². The number of carbonyl (C=O) groups excluding carboxylic acids is 1. The van der Waals surface area contributed by atoms with Crippen LogP contribution >= 0.6 is 10.5 Å². The molecule has 0 radical (unpaired) electrons. The van der Waals surface area contributed by atoms with Crippen molar-refractivity contribution >= 4 is 16.5 Å². The molecule has 0 amide bonds. The standard InChI is InChI=1S/C9H10N2O3S/c1-14-9(12)8-3-2-6-15(8,13)11-5-4-10-7-11/h2-7,13H,1H3. The maximum atomic E-state index is 11.4. The molecule has 0 bridgehead atoms. The van der Waals surface area contributed by atoms with E-state index < -0.39 is 16.5 Å². The molecule has 1 aliphatic rings. The molecule has 80 valence electrons. The smallest absolute Gasteiger partial charge is 0.346 e. The summed E-state index contributed by atoms with van der Waals surface area (Å²) in [6.45, 7) is 0. The van der Waals surface area contributed by atoms with Crippen LogP contribution in [0.25, 0.3) is 0 Å². The van der Waals surface area contributed by atoms with Gasteiger partial charge in [-0.2, -0.15) is 0 Å². The molecular weight excluding hydrogens is 216 g/mol. The van der Waals surface area contributed by atoms with Crippen molar-refractivity contribution in [3.05, 3.63) is 41.2 Å². The summed E-state index contributed by atoms with van der Waals surface area (Å²) in [7, 11) is -1.14. The Labute approximate surface area is 88.3 Å². The fourth-order valence-corrected chi connectivity index (χ4v) is 3.15. The molecule has 2 heterocycles. The number of esters is 1. The van der Waals surface area contributed by atoms with Gasteiger partial charge in [0.05, 0.1) is 7.11 Å². The molecule has 0 aromatic carbocycles. The van der Waals surface area contributed by atoms with E-state index in [4.69, 9.17) is 0 Å². The number of imidazole rings is 1. The molecule has 1 aliphatic heterocycles. The number of allylic oxidation sites excluding steroid dienone is 2. The van der Waals surface area contributed by atoms with E-state index in [1.165, 1.54) is 17.4 Å². The number of hydrogen-bond acceptors (Lipinski definition) is 4. The Kier molecular flexibility index (Phi) is 2.37. The SMILES string of the molecule is COC(=O)C1=CC=CS1(O)n1ccnc1. The minimum atomic E-state index is -2.43. The van der Waals surface area contributed by atoms with Crippen molar-refractivity contribution in [3.63, 3.8) is 0 Å². The Morgan fingerprint density at radius 1 is 1.67 bits per heavy atom. The van der Waals surface area contributed by atoms with Crippen LogP contribution in [0.4, 0.5) is 0 Å². The first-order valence-electron chi connectivity index (χ1n) is 4.19. The summed E-state index contributed by atoms with van der Waals surface area (Å²) >= 11 is 0. The first-order valence-corrected chi connectivity index (χ1v) is 5.80. The number of methoxy groups -OCH3 is 1. The third-order valence-electron chi connectivity index (χ3n) is 2.03. The van der Waals surface area contributed by atoms with E-state index in [2.05, 4.69) is 9.72 Å². The van der Waals surface area contributed by atoms with Crippen LogP contribution in [0, 0.1) is 0 Å². The first-order chi connectivity index (χ1) is 7.18. The third-order valence-corrected chi connectivity index (χ3v) is 4.37. The Morgan fingerprint density at radius 2 is 2.47 bits per heavy atom. The van der Waals surface area contributed by atoms with Gasteiger partial charge < -0.3 is 9.29 Å². The molecule has 1 unspecified atom stereocenters. The van der Waals surface area contributed by atoms with Crippen LogP contribution in [0.15, 0.2) is 41.2 Å². The predicted molar refractivity (Wildman–Crippen MR) is 57.1 cm³/mol. The Morgan fingerprint density at radius 3 is 3.07 bits per heavy atom. The lowest BCUT2D eigenvalue weighted by molar-refractivity contribution is -0.135. The van der Waals surface area contributed by atoms with Crippen molar-refractivity contribution in [2.75, 3.05) is 7.11 Å². The molecule has 0 spiro atoms. The predicted octanol–water partition coefficient (Wildman–Crippen LogP) is 1.51. The molecule has 0 fully saturated rings. The van der Waals surface area contributed by atoms with Crippen LogP contribution in [0.1, 0.15) is 0 Å². The molecule has 0 saturated carbocycles. The van der Waals surface area contributed by atoms with Gasteiger partial charge in [-0.15, -0.1) is 0 Å². The highest BCUT2D eigenvalue weighted by Gasteiger charge is 2.33. The normalized spacial score (nSPS) is 28.3. The Balaban J connectivity index is 2.41. The molecule has 5 nitrogen and oxygen atoms in total. The molecule has 1 atom stereocenters. The van der Waals surface area contributed by atoms with Crippen molar-refractivity contribution in [2.24, 2.45) is 0 Å². The van der Waals surface area contributed by atoms with Gasteiger partial charge in [0.25, 0.3) is 0 Å². The van der Waals surface area contributed by atoms with Crippen molar-refractivity contribution in [1.82, 2.24) is 8.96 Å². The van der Waals surface area contributed by atoms with E-state index in [0.29, 0.717) is 0 Å². The summed E-state index contributed by atoms with van der Waals surface area (Å²) in [4.78, 5) is 15.5. The molecule has 6 heteroatoms. The van der Waals surface area contributed by atoms with E-state index >= 15 is 0 Å². The zero-order chi connectivity index (χ0) is 10.9. The van der Waals surface area contributed by atoms with Crippen LogP contribution < -0.4 is 0 Å². The lowest BCUT2D eigenvalue weighted by Gasteiger charge is -2.29. The number of hydrogen-bond donors (Lipinski definition) is 1. The van der Waals surface area contributed by atoms with Crippen molar-refractivity contribution in [1.29, 1.82) is 0 Å².